The zero-order chi connectivity index (χ0) is 12.0. The lowest BCUT2D eigenvalue weighted by atomic mass is 9.76. The van der Waals surface area contributed by atoms with Crippen LogP contribution >= 0.6 is 0 Å². The molecule has 2 atom stereocenters. The summed E-state index contributed by atoms with van der Waals surface area (Å²) in [7, 11) is 1.86. The minimum absolute atomic E-state index is 0.00197. The Morgan fingerprint density at radius 2 is 1.88 bits per heavy atom. The van der Waals surface area contributed by atoms with Gasteiger partial charge in [-0.25, -0.2) is 0 Å². The third-order valence-electron chi connectivity index (χ3n) is 4.37. The van der Waals surface area contributed by atoms with Crippen molar-refractivity contribution in [1.82, 2.24) is 5.32 Å². The highest BCUT2D eigenvalue weighted by atomic mass is 16.5. The van der Waals surface area contributed by atoms with Crippen LogP contribution in [0.15, 0.2) is 0 Å². The zero-order valence-corrected chi connectivity index (χ0v) is 11.5. The van der Waals surface area contributed by atoms with Crippen LogP contribution < -0.4 is 5.32 Å². The molecule has 1 rings (SSSR count). The second-order valence-corrected chi connectivity index (χ2v) is 5.30. The van der Waals surface area contributed by atoms with Gasteiger partial charge in [0.2, 0.25) is 0 Å². The van der Waals surface area contributed by atoms with Gasteiger partial charge in [-0.3, -0.25) is 0 Å². The fourth-order valence-electron chi connectivity index (χ4n) is 3.06. The number of hydrogen-bond acceptors (Lipinski definition) is 2. The van der Waals surface area contributed by atoms with E-state index in [0.29, 0.717) is 6.04 Å². The first-order chi connectivity index (χ1) is 7.68. The number of ether oxygens (including phenoxy) is 1. The Bertz CT molecular complexity index is 183. The molecule has 0 heterocycles. The van der Waals surface area contributed by atoms with Crippen LogP contribution in [0, 0.1) is 5.92 Å². The van der Waals surface area contributed by atoms with Crippen LogP contribution in [0.4, 0.5) is 0 Å². The van der Waals surface area contributed by atoms with E-state index in [1.54, 1.807) is 0 Å². The smallest absolute Gasteiger partial charge is 0.0803 e. The molecular weight excluding hydrogens is 198 g/mol. The second kappa shape index (κ2) is 6.61. The average Bonchev–Trinajstić information content (AvgIpc) is 2.36. The van der Waals surface area contributed by atoms with E-state index in [1.807, 2.05) is 7.11 Å². The fraction of sp³-hybridized carbons (Fsp3) is 1.00. The SMILES string of the molecule is CCNC(C1CCCCC1)C(C)(CC)OC. The minimum Gasteiger partial charge on any atom is -0.377 e. The van der Waals surface area contributed by atoms with Gasteiger partial charge in [-0.15, -0.1) is 0 Å². The van der Waals surface area contributed by atoms with E-state index in [2.05, 4.69) is 26.1 Å². The summed E-state index contributed by atoms with van der Waals surface area (Å²) in [6.45, 7) is 7.73. The van der Waals surface area contributed by atoms with Crippen LogP contribution in [0.3, 0.4) is 0 Å². The summed E-state index contributed by atoms with van der Waals surface area (Å²) in [6, 6.07) is 0.521. The average molecular weight is 227 g/mol. The van der Waals surface area contributed by atoms with E-state index in [1.165, 1.54) is 32.1 Å². The van der Waals surface area contributed by atoms with Crippen LogP contribution in [0.2, 0.25) is 0 Å². The number of nitrogens with one attached hydrogen (secondary N) is 1. The minimum atomic E-state index is -0.00197. The highest BCUT2D eigenvalue weighted by Gasteiger charge is 2.37. The van der Waals surface area contributed by atoms with Crippen molar-refractivity contribution < 1.29 is 4.74 Å². The lowest BCUT2D eigenvalue weighted by Gasteiger charge is -2.42. The molecule has 1 aliphatic rings. The molecule has 1 aliphatic carbocycles. The van der Waals surface area contributed by atoms with Crippen LogP contribution in [0.1, 0.15) is 59.3 Å². The summed E-state index contributed by atoms with van der Waals surface area (Å²) in [6.07, 6.45) is 8.04. The molecule has 0 aromatic rings. The summed E-state index contributed by atoms with van der Waals surface area (Å²) >= 11 is 0. The maximum Gasteiger partial charge on any atom is 0.0803 e. The summed E-state index contributed by atoms with van der Waals surface area (Å²) in [5.41, 5.74) is -0.00197. The first-order valence-electron chi connectivity index (χ1n) is 6.96. The van der Waals surface area contributed by atoms with E-state index >= 15 is 0 Å². The molecule has 1 fully saturated rings. The third-order valence-corrected chi connectivity index (χ3v) is 4.37. The maximum absolute atomic E-state index is 5.79. The Morgan fingerprint density at radius 1 is 1.25 bits per heavy atom. The van der Waals surface area contributed by atoms with E-state index in [0.717, 1.165) is 18.9 Å². The van der Waals surface area contributed by atoms with Crippen LogP contribution in [-0.4, -0.2) is 25.3 Å². The summed E-state index contributed by atoms with van der Waals surface area (Å²) in [4.78, 5) is 0. The van der Waals surface area contributed by atoms with Gasteiger partial charge in [0.15, 0.2) is 0 Å². The molecule has 0 aliphatic heterocycles. The van der Waals surface area contributed by atoms with Gasteiger partial charge in [-0.1, -0.05) is 33.1 Å². The van der Waals surface area contributed by atoms with Gasteiger partial charge < -0.3 is 10.1 Å². The summed E-state index contributed by atoms with van der Waals surface area (Å²) < 4.78 is 5.79. The van der Waals surface area contributed by atoms with Crippen LogP contribution in [-0.2, 0) is 4.74 Å². The molecule has 1 N–H and O–H groups in total. The molecule has 0 saturated heterocycles. The molecular formula is C14H29NO. The van der Waals surface area contributed by atoms with E-state index in [-0.39, 0.29) is 5.60 Å². The van der Waals surface area contributed by atoms with Crippen LogP contribution in [0.5, 0.6) is 0 Å². The lowest BCUT2D eigenvalue weighted by Crippen LogP contribution is -2.54. The Balaban J connectivity index is 2.70. The van der Waals surface area contributed by atoms with E-state index in [9.17, 15) is 0 Å². The molecule has 96 valence electrons. The predicted octanol–water partition coefficient (Wildman–Crippen LogP) is 3.36. The topological polar surface area (TPSA) is 21.3 Å². The van der Waals surface area contributed by atoms with Gasteiger partial charge in [0.25, 0.3) is 0 Å². The standard InChI is InChI=1S/C14H29NO/c1-5-14(3,16-4)13(15-6-2)12-10-8-7-9-11-12/h12-13,15H,5-11H2,1-4H3. The predicted molar refractivity (Wildman–Crippen MR) is 69.7 cm³/mol. The highest BCUT2D eigenvalue weighted by molar-refractivity contribution is 4.93. The normalized spacial score (nSPS) is 24.0. The van der Waals surface area contributed by atoms with Gasteiger partial charge >= 0.3 is 0 Å². The number of likely N-dealkylation sites (N-methyl/N-ethyl adjacent to an activating group) is 1. The molecule has 0 radical (unpaired) electrons. The lowest BCUT2D eigenvalue weighted by molar-refractivity contribution is -0.0496. The summed E-state index contributed by atoms with van der Waals surface area (Å²) in [5.74, 6) is 0.804. The van der Waals surface area contributed by atoms with Crippen LogP contribution in [0.25, 0.3) is 0 Å². The Hall–Kier alpha value is -0.0800. The number of rotatable bonds is 6. The Kier molecular flexibility index (Phi) is 5.77. The molecule has 2 unspecified atom stereocenters. The highest BCUT2D eigenvalue weighted by Crippen LogP contribution is 2.33. The first-order valence-corrected chi connectivity index (χ1v) is 6.96. The van der Waals surface area contributed by atoms with Crippen molar-refractivity contribution in [2.24, 2.45) is 5.92 Å². The van der Waals surface area contributed by atoms with Gasteiger partial charge in [-0.2, -0.15) is 0 Å². The van der Waals surface area contributed by atoms with Crippen molar-refractivity contribution in [1.29, 1.82) is 0 Å². The van der Waals surface area contributed by atoms with Gasteiger partial charge in [0, 0.05) is 13.2 Å². The quantitative estimate of drug-likeness (QED) is 0.751. The maximum atomic E-state index is 5.79. The van der Waals surface area contributed by atoms with E-state index in [4.69, 9.17) is 4.74 Å². The van der Waals surface area contributed by atoms with Gasteiger partial charge in [0.05, 0.1) is 5.60 Å². The molecule has 2 heteroatoms. The van der Waals surface area contributed by atoms with Crippen molar-refractivity contribution in [2.75, 3.05) is 13.7 Å². The van der Waals surface area contributed by atoms with Crippen molar-refractivity contribution >= 4 is 0 Å². The molecule has 0 amide bonds. The molecule has 2 nitrogen and oxygen atoms in total. The second-order valence-electron chi connectivity index (χ2n) is 5.30. The largest absolute Gasteiger partial charge is 0.377 e. The molecule has 0 bridgehead atoms. The van der Waals surface area contributed by atoms with Crippen molar-refractivity contribution in [3.8, 4) is 0 Å². The summed E-state index contributed by atoms with van der Waals surface area (Å²) in [5, 5.41) is 3.67. The molecule has 0 spiro atoms. The van der Waals surface area contributed by atoms with E-state index < -0.39 is 0 Å². The van der Waals surface area contributed by atoms with Crippen molar-refractivity contribution in [2.45, 2.75) is 70.9 Å². The Labute approximate surface area is 101 Å². The molecule has 1 saturated carbocycles. The monoisotopic (exact) mass is 227 g/mol. The number of methoxy groups -OCH3 is 1. The van der Waals surface area contributed by atoms with Gasteiger partial charge in [-0.05, 0) is 38.6 Å². The van der Waals surface area contributed by atoms with Crippen molar-refractivity contribution in [3.05, 3.63) is 0 Å². The molecule has 16 heavy (non-hydrogen) atoms. The fourth-order valence-corrected chi connectivity index (χ4v) is 3.06. The first kappa shape index (κ1) is 14.0. The van der Waals surface area contributed by atoms with Gasteiger partial charge in [0.1, 0.15) is 0 Å². The third kappa shape index (κ3) is 3.21. The number of hydrogen-bond donors (Lipinski definition) is 1. The molecule has 0 aromatic heterocycles. The zero-order valence-electron chi connectivity index (χ0n) is 11.5. The van der Waals surface area contributed by atoms with Crippen molar-refractivity contribution in [3.63, 3.8) is 0 Å². The molecule has 0 aromatic carbocycles. The Morgan fingerprint density at radius 3 is 2.31 bits per heavy atom.